The van der Waals surface area contributed by atoms with E-state index in [1.165, 1.54) is 6.20 Å². The Hall–Kier alpha value is -1.04. The second kappa shape index (κ2) is 2.91. The van der Waals surface area contributed by atoms with Crippen LogP contribution < -0.4 is 5.32 Å². The molecule has 1 aliphatic heterocycles. The first-order chi connectivity index (χ1) is 5.08. The SMILES string of the molecule is FC(F)(F)O[C]1C=CNC=N1. The molecule has 1 heterocycles. The molecule has 11 heavy (non-hydrogen) atoms. The summed E-state index contributed by atoms with van der Waals surface area (Å²) >= 11 is 0. The zero-order chi connectivity index (χ0) is 8.32. The van der Waals surface area contributed by atoms with E-state index in [1.807, 2.05) is 0 Å². The third kappa shape index (κ3) is 3.03. The van der Waals surface area contributed by atoms with Crippen molar-refractivity contribution in [2.45, 2.75) is 6.36 Å². The van der Waals surface area contributed by atoms with Crippen LogP contribution in [0.4, 0.5) is 13.2 Å². The van der Waals surface area contributed by atoms with Crippen molar-refractivity contribution >= 4 is 6.34 Å². The molecular weight excluding hydrogens is 161 g/mol. The minimum atomic E-state index is -4.67. The van der Waals surface area contributed by atoms with Gasteiger partial charge in [-0.25, -0.2) is 4.99 Å². The maximum Gasteiger partial charge on any atom is 0.525 e. The van der Waals surface area contributed by atoms with Crippen LogP contribution in [0.2, 0.25) is 0 Å². The first kappa shape index (κ1) is 8.06. The lowest BCUT2D eigenvalue weighted by molar-refractivity contribution is -0.316. The van der Waals surface area contributed by atoms with E-state index in [4.69, 9.17) is 0 Å². The molecule has 0 atom stereocenters. The van der Waals surface area contributed by atoms with Gasteiger partial charge in [-0.05, 0) is 6.08 Å². The summed E-state index contributed by atoms with van der Waals surface area (Å²) < 4.78 is 37.9. The van der Waals surface area contributed by atoms with Crippen molar-refractivity contribution in [2.24, 2.45) is 4.99 Å². The molecule has 0 saturated heterocycles. The Balaban J connectivity index is 2.43. The van der Waals surface area contributed by atoms with Gasteiger partial charge in [-0.1, -0.05) is 0 Å². The minimum Gasteiger partial charge on any atom is -0.353 e. The summed E-state index contributed by atoms with van der Waals surface area (Å²) in [5.41, 5.74) is 0. The second-order valence-electron chi connectivity index (χ2n) is 1.64. The van der Waals surface area contributed by atoms with E-state index in [0.717, 1.165) is 12.4 Å². The lowest BCUT2D eigenvalue weighted by Crippen LogP contribution is -2.19. The van der Waals surface area contributed by atoms with Crippen LogP contribution in [-0.2, 0) is 4.74 Å². The van der Waals surface area contributed by atoms with Gasteiger partial charge in [-0.15, -0.1) is 13.2 Å². The van der Waals surface area contributed by atoms with Gasteiger partial charge >= 0.3 is 6.36 Å². The Morgan fingerprint density at radius 3 is 2.64 bits per heavy atom. The topological polar surface area (TPSA) is 33.6 Å². The van der Waals surface area contributed by atoms with Crippen LogP contribution in [-0.4, -0.2) is 12.7 Å². The lowest BCUT2D eigenvalue weighted by atomic mass is 10.5. The van der Waals surface area contributed by atoms with E-state index >= 15 is 0 Å². The second-order valence-corrected chi connectivity index (χ2v) is 1.64. The molecule has 0 aliphatic carbocycles. The Morgan fingerprint density at radius 1 is 1.45 bits per heavy atom. The molecule has 0 fully saturated rings. The third-order valence-electron chi connectivity index (χ3n) is 0.809. The molecule has 61 valence electrons. The number of aliphatic imine (C=N–C) groups is 1. The fraction of sp³-hybridized carbons (Fsp3) is 0.200. The summed E-state index contributed by atoms with van der Waals surface area (Å²) in [6, 6.07) is 0. The molecule has 1 radical (unpaired) electrons. The van der Waals surface area contributed by atoms with Gasteiger partial charge in [0.2, 0.25) is 6.23 Å². The molecule has 0 bridgehead atoms. The minimum absolute atomic E-state index is 0.476. The zero-order valence-corrected chi connectivity index (χ0v) is 5.22. The average Bonchev–Trinajstić information content (AvgIpc) is 1.85. The van der Waals surface area contributed by atoms with E-state index in [2.05, 4.69) is 15.0 Å². The summed E-state index contributed by atoms with van der Waals surface area (Å²) in [7, 11) is 0. The van der Waals surface area contributed by atoms with E-state index in [-0.39, 0.29) is 0 Å². The molecule has 0 spiro atoms. The fourth-order valence-corrected chi connectivity index (χ4v) is 0.485. The molecule has 0 aromatic carbocycles. The van der Waals surface area contributed by atoms with Gasteiger partial charge in [0.1, 0.15) is 0 Å². The van der Waals surface area contributed by atoms with Crippen LogP contribution in [0.3, 0.4) is 0 Å². The number of alkyl halides is 3. The normalized spacial score (nSPS) is 18.5. The summed E-state index contributed by atoms with van der Waals surface area (Å²) in [6.45, 7) is 0. The molecule has 1 rings (SSSR count). The van der Waals surface area contributed by atoms with E-state index in [0.29, 0.717) is 0 Å². The molecule has 0 amide bonds. The molecule has 6 heteroatoms. The molecular formula is C5H4F3N2O. The van der Waals surface area contributed by atoms with Crippen molar-refractivity contribution in [3.8, 4) is 0 Å². The van der Waals surface area contributed by atoms with Crippen molar-refractivity contribution < 1.29 is 17.9 Å². The Labute approximate surface area is 60.6 Å². The molecule has 3 nitrogen and oxygen atoms in total. The van der Waals surface area contributed by atoms with Crippen molar-refractivity contribution in [1.29, 1.82) is 0 Å². The van der Waals surface area contributed by atoms with E-state index < -0.39 is 12.6 Å². The molecule has 0 saturated carbocycles. The molecule has 0 aromatic rings. The standard InChI is InChI=1S/C5H4F3N2O/c6-5(7,8)11-4-1-2-9-3-10-4/h1-3H,(H,9,10). The molecule has 0 aromatic heterocycles. The fourth-order valence-electron chi connectivity index (χ4n) is 0.485. The predicted octanol–water partition coefficient (Wildman–Crippen LogP) is 1.16. The van der Waals surface area contributed by atoms with Crippen molar-refractivity contribution in [3.63, 3.8) is 0 Å². The van der Waals surface area contributed by atoms with Crippen LogP contribution in [0.15, 0.2) is 17.3 Å². The van der Waals surface area contributed by atoms with Gasteiger partial charge in [0.25, 0.3) is 0 Å². The number of ether oxygens (including phenoxy) is 1. The maximum absolute atomic E-state index is 11.5. The van der Waals surface area contributed by atoms with Gasteiger partial charge in [0.15, 0.2) is 0 Å². The highest BCUT2D eigenvalue weighted by atomic mass is 19.4. The quantitative estimate of drug-likeness (QED) is 0.632. The summed E-state index contributed by atoms with van der Waals surface area (Å²) in [5.74, 6) is 0. The van der Waals surface area contributed by atoms with Crippen molar-refractivity contribution in [2.75, 3.05) is 0 Å². The number of halogens is 3. The number of nitrogens with zero attached hydrogens (tertiary/aromatic N) is 1. The lowest BCUT2D eigenvalue weighted by Gasteiger charge is -2.11. The highest BCUT2D eigenvalue weighted by Gasteiger charge is 2.33. The number of rotatable bonds is 1. The van der Waals surface area contributed by atoms with Gasteiger partial charge in [0.05, 0.1) is 6.34 Å². The predicted molar refractivity (Wildman–Crippen MR) is 31.2 cm³/mol. The molecule has 1 aliphatic rings. The monoisotopic (exact) mass is 165 g/mol. The Kier molecular flexibility index (Phi) is 2.13. The summed E-state index contributed by atoms with van der Waals surface area (Å²) in [6.07, 6.45) is -1.69. The number of nitrogens with one attached hydrogen (secondary N) is 1. The summed E-state index contributed by atoms with van der Waals surface area (Å²) in [4.78, 5) is 3.27. The van der Waals surface area contributed by atoms with Gasteiger partial charge in [0, 0.05) is 6.20 Å². The average molecular weight is 165 g/mol. The van der Waals surface area contributed by atoms with Crippen molar-refractivity contribution in [3.05, 3.63) is 18.5 Å². The maximum atomic E-state index is 11.5. The van der Waals surface area contributed by atoms with Crippen LogP contribution in [0.25, 0.3) is 0 Å². The first-order valence-corrected chi connectivity index (χ1v) is 2.66. The smallest absolute Gasteiger partial charge is 0.353 e. The van der Waals surface area contributed by atoms with Crippen LogP contribution in [0.5, 0.6) is 0 Å². The first-order valence-electron chi connectivity index (χ1n) is 2.66. The molecule has 0 unspecified atom stereocenters. The van der Waals surface area contributed by atoms with Gasteiger partial charge in [-0.3, -0.25) is 4.74 Å². The zero-order valence-electron chi connectivity index (χ0n) is 5.22. The Morgan fingerprint density at radius 2 is 2.18 bits per heavy atom. The molecule has 1 N–H and O–H groups in total. The third-order valence-corrected chi connectivity index (χ3v) is 0.809. The van der Waals surface area contributed by atoms with Gasteiger partial charge < -0.3 is 5.32 Å². The van der Waals surface area contributed by atoms with Gasteiger partial charge in [-0.2, -0.15) is 0 Å². The van der Waals surface area contributed by atoms with E-state index in [9.17, 15) is 13.2 Å². The Bertz CT molecular complexity index is 175. The highest BCUT2D eigenvalue weighted by molar-refractivity contribution is 5.59. The largest absolute Gasteiger partial charge is 0.525 e. The van der Waals surface area contributed by atoms with Crippen LogP contribution >= 0.6 is 0 Å². The van der Waals surface area contributed by atoms with Crippen LogP contribution in [0, 0.1) is 6.23 Å². The van der Waals surface area contributed by atoms with Crippen molar-refractivity contribution in [1.82, 2.24) is 5.32 Å². The van der Waals surface area contributed by atoms with Crippen LogP contribution in [0.1, 0.15) is 0 Å². The highest BCUT2D eigenvalue weighted by Crippen LogP contribution is 2.23. The van der Waals surface area contributed by atoms with E-state index in [1.54, 1.807) is 0 Å². The summed E-state index contributed by atoms with van der Waals surface area (Å²) in [5, 5.41) is 2.46. The number of hydrogen-bond donors (Lipinski definition) is 1. The number of hydrogen-bond acceptors (Lipinski definition) is 3.